The number of alkyl halides is 3. The highest BCUT2D eigenvalue weighted by Crippen LogP contribution is 2.37. The molecule has 5 nitrogen and oxygen atoms in total. The summed E-state index contributed by atoms with van der Waals surface area (Å²) in [6, 6.07) is 14.3. The first-order valence-corrected chi connectivity index (χ1v) is 9.95. The largest absolute Gasteiger partial charge is 0.417 e. The summed E-state index contributed by atoms with van der Waals surface area (Å²) in [4.78, 5) is 13.0. The fourth-order valence-corrected chi connectivity index (χ4v) is 3.93. The molecule has 162 valence electrons. The Bertz CT molecular complexity index is 1460. The standard InChI is InChI=1S/C23H16ClF3N4O/c1-13-18(24)8-5-9-19(13)31-22-21(14(2)29-31)17(23(25,26)27)10-20(32)30(22)12-16-7-4-3-6-15(16)11-28/h3-10H,12H2,1-2H3. The van der Waals surface area contributed by atoms with Gasteiger partial charge in [-0.2, -0.15) is 23.5 Å². The van der Waals surface area contributed by atoms with Gasteiger partial charge in [-0.05, 0) is 43.2 Å². The second-order valence-electron chi connectivity index (χ2n) is 7.33. The molecule has 0 radical (unpaired) electrons. The van der Waals surface area contributed by atoms with Gasteiger partial charge in [0, 0.05) is 11.1 Å². The summed E-state index contributed by atoms with van der Waals surface area (Å²) < 4.78 is 44.1. The van der Waals surface area contributed by atoms with Crippen LogP contribution in [0.1, 0.15) is 27.9 Å². The first-order valence-electron chi connectivity index (χ1n) is 9.57. The number of pyridine rings is 1. The third-order valence-electron chi connectivity index (χ3n) is 5.33. The molecule has 0 fully saturated rings. The summed E-state index contributed by atoms with van der Waals surface area (Å²) in [6.45, 7) is 3.09. The Morgan fingerprint density at radius 3 is 2.53 bits per heavy atom. The average Bonchev–Trinajstić information content (AvgIpc) is 3.08. The Morgan fingerprint density at radius 2 is 1.84 bits per heavy atom. The van der Waals surface area contributed by atoms with E-state index in [4.69, 9.17) is 11.6 Å². The van der Waals surface area contributed by atoms with Crippen LogP contribution in [0.4, 0.5) is 13.2 Å². The van der Waals surface area contributed by atoms with Crippen LogP contribution >= 0.6 is 11.6 Å². The van der Waals surface area contributed by atoms with E-state index in [1.54, 1.807) is 49.4 Å². The van der Waals surface area contributed by atoms with Crippen molar-refractivity contribution in [3.63, 3.8) is 0 Å². The molecule has 0 aliphatic carbocycles. The molecule has 2 heterocycles. The maximum atomic E-state index is 13.9. The quantitative estimate of drug-likeness (QED) is 0.415. The lowest BCUT2D eigenvalue weighted by Gasteiger charge is -2.16. The molecule has 2 aromatic carbocycles. The number of benzene rings is 2. The molecule has 2 aromatic heterocycles. The summed E-state index contributed by atoms with van der Waals surface area (Å²) in [5, 5.41) is 14.0. The fourth-order valence-electron chi connectivity index (χ4n) is 3.77. The van der Waals surface area contributed by atoms with Crippen LogP contribution in [0.3, 0.4) is 0 Å². The van der Waals surface area contributed by atoms with Crippen molar-refractivity contribution in [3.05, 3.63) is 91.9 Å². The normalized spacial score (nSPS) is 11.7. The van der Waals surface area contributed by atoms with Gasteiger partial charge in [0.2, 0.25) is 0 Å². The third kappa shape index (κ3) is 3.55. The minimum absolute atomic E-state index is 0.0135. The van der Waals surface area contributed by atoms with Gasteiger partial charge in [0.05, 0.1) is 40.5 Å². The molecule has 0 saturated carbocycles. The zero-order valence-corrected chi connectivity index (χ0v) is 17.8. The van der Waals surface area contributed by atoms with Crippen LogP contribution in [0.5, 0.6) is 0 Å². The van der Waals surface area contributed by atoms with E-state index in [9.17, 15) is 23.2 Å². The van der Waals surface area contributed by atoms with Gasteiger partial charge in [-0.25, -0.2) is 4.68 Å². The predicted molar refractivity (Wildman–Crippen MR) is 115 cm³/mol. The summed E-state index contributed by atoms with van der Waals surface area (Å²) >= 11 is 6.24. The predicted octanol–water partition coefficient (Wildman–Crippen LogP) is 5.40. The molecule has 4 aromatic rings. The van der Waals surface area contributed by atoms with Crippen LogP contribution < -0.4 is 5.56 Å². The Balaban J connectivity index is 2.13. The van der Waals surface area contributed by atoms with Crippen LogP contribution in [0, 0.1) is 25.2 Å². The third-order valence-corrected chi connectivity index (χ3v) is 5.74. The van der Waals surface area contributed by atoms with Crippen LogP contribution in [0.25, 0.3) is 16.7 Å². The van der Waals surface area contributed by atoms with Crippen molar-refractivity contribution in [1.29, 1.82) is 5.26 Å². The first kappa shape index (κ1) is 21.7. The molecule has 0 aliphatic heterocycles. The van der Waals surface area contributed by atoms with E-state index >= 15 is 0 Å². The van der Waals surface area contributed by atoms with Gasteiger partial charge in [-0.1, -0.05) is 35.9 Å². The highest BCUT2D eigenvalue weighted by molar-refractivity contribution is 6.31. The Hall–Kier alpha value is -3.57. The van der Waals surface area contributed by atoms with Crippen LogP contribution in [0.15, 0.2) is 53.3 Å². The smallest absolute Gasteiger partial charge is 0.288 e. The number of hydrogen-bond donors (Lipinski definition) is 0. The summed E-state index contributed by atoms with van der Waals surface area (Å²) in [5.74, 6) is 0. The number of aromatic nitrogens is 3. The number of halogens is 4. The minimum Gasteiger partial charge on any atom is -0.288 e. The molecule has 0 N–H and O–H groups in total. The molecule has 0 amide bonds. The van der Waals surface area contributed by atoms with Crippen molar-refractivity contribution in [2.45, 2.75) is 26.6 Å². The van der Waals surface area contributed by atoms with Gasteiger partial charge in [0.1, 0.15) is 5.65 Å². The van der Waals surface area contributed by atoms with Gasteiger partial charge in [-0.15, -0.1) is 0 Å². The van der Waals surface area contributed by atoms with Gasteiger partial charge in [0.25, 0.3) is 5.56 Å². The zero-order valence-electron chi connectivity index (χ0n) is 17.0. The lowest BCUT2D eigenvalue weighted by atomic mass is 10.1. The number of hydrogen-bond acceptors (Lipinski definition) is 3. The van der Waals surface area contributed by atoms with E-state index in [1.165, 1.54) is 16.2 Å². The Labute approximate surface area is 185 Å². The van der Waals surface area contributed by atoms with Crippen molar-refractivity contribution in [2.24, 2.45) is 0 Å². The topological polar surface area (TPSA) is 63.6 Å². The summed E-state index contributed by atoms with van der Waals surface area (Å²) in [6.07, 6.45) is -4.75. The van der Waals surface area contributed by atoms with Crippen molar-refractivity contribution in [3.8, 4) is 11.8 Å². The Morgan fingerprint density at radius 1 is 1.12 bits per heavy atom. The highest BCUT2D eigenvalue weighted by Gasteiger charge is 2.36. The lowest BCUT2D eigenvalue weighted by molar-refractivity contribution is -0.136. The van der Waals surface area contributed by atoms with E-state index in [2.05, 4.69) is 11.2 Å². The van der Waals surface area contributed by atoms with Gasteiger partial charge < -0.3 is 0 Å². The van der Waals surface area contributed by atoms with Gasteiger partial charge in [0.15, 0.2) is 0 Å². The van der Waals surface area contributed by atoms with Crippen LogP contribution in [-0.2, 0) is 12.7 Å². The van der Waals surface area contributed by atoms with Gasteiger partial charge in [-0.3, -0.25) is 9.36 Å². The Kier molecular flexibility index (Phi) is 5.31. The number of fused-ring (bicyclic) bond motifs is 1. The molecule has 0 saturated heterocycles. The zero-order chi connectivity index (χ0) is 23.2. The average molecular weight is 457 g/mol. The molecular weight excluding hydrogens is 441 g/mol. The maximum Gasteiger partial charge on any atom is 0.417 e. The molecule has 0 spiro atoms. The monoisotopic (exact) mass is 456 g/mol. The van der Waals surface area contributed by atoms with E-state index in [0.717, 1.165) is 0 Å². The SMILES string of the molecule is Cc1c(Cl)cccc1-n1nc(C)c2c(C(F)(F)F)cc(=O)n(Cc3ccccc3C#N)c21. The summed E-state index contributed by atoms with van der Waals surface area (Å²) in [7, 11) is 0. The molecule has 9 heteroatoms. The molecular formula is C23H16ClF3N4O. The van der Waals surface area contributed by atoms with E-state index < -0.39 is 17.3 Å². The van der Waals surface area contributed by atoms with Crippen molar-refractivity contribution in [2.75, 3.05) is 0 Å². The van der Waals surface area contributed by atoms with Gasteiger partial charge >= 0.3 is 6.18 Å². The van der Waals surface area contributed by atoms with Crippen molar-refractivity contribution >= 4 is 22.6 Å². The molecule has 0 unspecified atom stereocenters. The summed E-state index contributed by atoms with van der Waals surface area (Å²) in [5.41, 5.74) is 0.100. The molecule has 32 heavy (non-hydrogen) atoms. The second-order valence-corrected chi connectivity index (χ2v) is 7.74. The maximum absolute atomic E-state index is 13.9. The lowest BCUT2D eigenvalue weighted by Crippen LogP contribution is -2.25. The number of rotatable bonds is 3. The fraction of sp³-hybridized carbons (Fsp3) is 0.174. The van der Waals surface area contributed by atoms with Crippen molar-refractivity contribution < 1.29 is 13.2 Å². The molecule has 0 atom stereocenters. The van der Waals surface area contributed by atoms with E-state index in [-0.39, 0.29) is 23.3 Å². The number of aryl methyl sites for hydroxylation is 1. The highest BCUT2D eigenvalue weighted by atomic mass is 35.5. The molecule has 0 bridgehead atoms. The second kappa shape index (κ2) is 7.84. The first-order chi connectivity index (χ1) is 15.1. The molecule has 4 rings (SSSR count). The van der Waals surface area contributed by atoms with Crippen LogP contribution in [-0.4, -0.2) is 14.3 Å². The molecule has 0 aliphatic rings. The van der Waals surface area contributed by atoms with Crippen molar-refractivity contribution in [1.82, 2.24) is 14.3 Å². The van der Waals surface area contributed by atoms with Crippen LogP contribution in [0.2, 0.25) is 5.02 Å². The number of nitrogens with zero attached hydrogens (tertiary/aromatic N) is 4. The number of nitriles is 1. The van der Waals surface area contributed by atoms with E-state index in [0.29, 0.717) is 33.5 Å². The minimum atomic E-state index is -4.75. The van der Waals surface area contributed by atoms with E-state index in [1.807, 2.05) is 0 Å².